The summed E-state index contributed by atoms with van der Waals surface area (Å²) >= 11 is 3.31. The van der Waals surface area contributed by atoms with Crippen molar-refractivity contribution < 1.29 is 18.0 Å². The van der Waals surface area contributed by atoms with Crippen molar-refractivity contribution in [2.24, 2.45) is 0 Å². The summed E-state index contributed by atoms with van der Waals surface area (Å²) in [5.41, 5.74) is 0.256. The van der Waals surface area contributed by atoms with Crippen LogP contribution in [0.2, 0.25) is 0 Å². The van der Waals surface area contributed by atoms with E-state index in [0.29, 0.717) is 5.69 Å². The molecule has 0 heterocycles. The molecule has 0 atom stereocenters. The number of amides is 2. The minimum Gasteiger partial charge on any atom is -0.343 e. The van der Waals surface area contributed by atoms with E-state index >= 15 is 0 Å². The average molecular weight is 468 g/mol. The highest BCUT2D eigenvalue weighted by Crippen LogP contribution is 2.15. The SMILES string of the molecule is CC(C)(C)NS(=O)(=O)c1ccc(C(=O)NCC(=O)Nc2ccc(Br)cc2)cc1. The third kappa shape index (κ3) is 6.74. The Bertz CT molecular complexity index is 950. The van der Waals surface area contributed by atoms with Crippen LogP contribution in [-0.4, -0.2) is 32.3 Å². The summed E-state index contributed by atoms with van der Waals surface area (Å²) in [5, 5.41) is 5.17. The molecular weight excluding hydrogens is 446 g/mol. The van der Waals surface area contributed by atoms with Gasteiger partial charge >= 0.3 is 0 Å². The summed E-state index contributed by atoms with van der Waals surface area (Å²) in [6.45, 7) is 5.02. The Labute approximate surface area is 173 Å². The Morgan fingerprint density at radius 2 is 1.54 bits per heavy atom. The van der Waals surface area contributed by atoms with E-state index in [4.69, 9.17) is 0 Å². The van der Waals surface area contributed by atoms with Crippen molar-refractivity contribution in [3.63, 3.8) is 0 Å². The van der Waals surface area contributed by atoms with Crippen LogP contribution in [0.5, 0.6) is 0 Å². The Balaban J connectivity index is 1.94. The molecule has 9 heteroatoms. The fraction of sp³-hybridized carbons (Fsp3) is 0.263. The number of sulfonamides is 1. The zero-order valence-corrected chi connectivity index (χ0v) is 18.1. The monoisotopic (exact) mass is 467 g/mol. The topological polar surface area (TPSA) is 104 Å². The molecule has 3 N–H and O–H groups in total. The Hall–Kier alpha value is -2.23. The molecule has 2 aromatic rings. The van der Waals surface area contributed by atoms with Crippen LogP contribution in [0.4, 0.5) is 5.69 Å². The van der Waals surface area contributed by atoms with Crippen molar-refractivity contribution in [3.05, 3.63) is 58.6 Å². The Morgan fingerprint density at radius 1 is 0.964 bits per heavy atom. The van der Waals surface area contributed by atoms with Gasteiger partial charge in [0, 0.05) is 21.3 Å². The summed E-state index contributed by atoms with van der Waals surface area (Å²) < 4.78 is 28.0. The Morgan fingerprint density at radius 3 is 2.07 bits per heavy atom. The van der Waals surface area contributed by atoms with Crippen molar-refractivity contribution in [1.29, 1.82) is 0 Å². The highest BCUT2D eigenvalue weighted by atomic mass is 79.9. The first-order valence-corrected chi connectivity index (χ1v) is 10.7. The van der Waals surface area contributed by atoms with Gasteiger partial charge in [0.15, 0.2) is 0 Å². The minimum atomic E-state index is -3.67. The zero-order chi connectivity index (χ0) is 20.9. The maximum Gasteiger partial charge on any atom is 0.251 e. The molecule has 0 bridgehead atoms. The van der Waals surface area contributed by atoms with Crippen LogP contribution in [-0.2, 0) is 14.8 Å². The van der Waals surface area contributed by atoms with Crippen LogP contribution < -0.4 is 15.4 Å². The molecule has 0 spiro atoms. The molecular formula is C19H22BrN3O4S. The predicted octanol–water partition coefficient (Wildman–Crippen LogP) is 2.89. The van der Waals surface area contributed by atoms with Gasteiger partial charge in [0.1, 0.15) is 0 Å². The van der Waals surface area contributed by atoms with Crippen LogP contribution in [0.15, 0.2) is 57.9 Å². The minimum absolute atomic E-state index is 0.0620. The molecule has 0 aliphatic heterocycles. The largest absolute Gasteiger partial charge is 0.343 e. The third-order valence-electron chi connectivity index (χ3n) is 3.40. The lowest BCUT2D eigenvalue weighted by molar-refractivity contribution is -0.115. The van der Waals surface area contributed by atoms with Gasteiger partial charge in [-0.15, -0.1) is 0 Å². The van der Waals surface area contributed by atoms with E-state index in [1.165, 1.54) is 24.3 Å². The van der Waals surface area contributed by atoms with Gasteiger partial charge in [-0.3, -0.25) is 9.59 Å². The van der Waals surface area contributed by atoms with Crippen molar-refractivity contribution in [1.82, 2.24) is 10.0 Å². The maximum atomic E-state index is 12.3. The average Bonchev–Trinajstić information content (AvgIpc) is 2.60. The number of hydrogen-bond acceptors (Lipinski definition) is 4. The van der Waals surface area contributed by atoms with Gasteiger partial charge in [0.2, 0.25) is 15.9 Å². The van der Waals surface area contributed by atoms with Crippen LogP contribution in [0.1, 0.15) is 31.1 Å². The van der Waals surface area contributed by atoms with Crippen LogP contribution in [0, 0.1) is 0 Å². The summed E-state index contributed by atoms with van der Waals surface area (Å²) in [7, 11) is -3.67. The lowest BCUT2D eigenvalue weighted by Crippen LogP contribution is -2.40. The third-order valence-corrected chi connectivity index (χ3v) is 5.71. The first-order chi connectivity index (χ1) is 13.0. The highest BCUT2D eigenvalue weighted by Gasteiger charge is 2.22. The van der Waals surface area contributed by atoms with Crippen LogP contribution in [0.3, 0.4) is 0 Å². The summed E-state index contributed by atoms with van der Waals surface area (Å²) in [6.07, 6.45) is 0. The second kappa shape index (κ2) is 8.85. The van der Waals surface area contributed by atoms with Gasteiger partial charge in [-0.05, 0) is 69.3 Å². The van der Waals surface area contributed by atoms with Crippen molar-refractivity contribution in [2.45, 2.75) is 31.2 Å². The van der Waals surface area contributed by atoms with Gasteiger partial charge in [0.25, 0.3) is 5.91 Å². The number of halogens is 1. The van der Waals surface area contributed by atoms with Gasteiger partial charge in [0.05, 0.1) is 11.4 Å². The fourth-order valence-corrected chi connectivity index (χ4v) is 3.93. The fourth-order valence-electron chi connectivity index (χ4n) is 2.25. The first kappa shape index (κ1) is 22.1. The molecule has 0 aliphatic rings. The predicted molar refractivity (Wildman–Crippen MR) is 112 cm³/mol. The molecule has 150 valence electrons. The van der Waals surface area contributed by atoms with Crippen LogP contribution >= 0.6 is 15.9 Å². The van der Waals surface area contributed by atoms with Crippen molar-refractivity contribution in [2.75, 3.05) is 11.9 Å². The number of carbonyl (C=O) groups is 2. The second-order valence-corrected chi connectivity index (χ2v) is 9.72. The molecule has 0 aliphatic carbocycles. The standard InChI is InChI=1S/C19H22BrN3O4S/c1-19(2,3)23-28(26,27)16-10-4-13(5-11-16)18(25)21-12-17(24)22-15-8-6-14(20)7-9-15/h4-11,23H,12H2,1-3H3,(H,21,25)(H,22,24). The molecule has 0 fully saturated rings. The second-order valence-electron chi connectivity index (χ2n) is 7.12. The summed E-state index contributed by atoms with van der Waals surface area (Å²) in [6, 6.07) is 12.5. The molecule has 2 rings (SSSR count). The molecule has 0 radical (unpaired) electrons. The number of hydrogen-bond donors (Lipinski definition) is 3. The van der Waals surface area contributed by atoms with E-state index in [1.54, 1.807) is 45.0 Å². The van der Waals surface area contributed by atoms with Crippen molar-refractivity contribution in [3.8, 4) is 0 Å². The number of rotatable bonds is 6. The highest BCUT2D eigenvalue weighted by molar-refractivity contribution is 9.10. The first-order valence-electron chi connectivity index (χ1n) is 8.44. The van der Waals surface area contributed by atoms with Gasteiger partial charge in [-0.1, -0.05) is 15.9 Å². The Kier molecular flexibility index (Phi) is 6.97. The smallest absolute Gasteiger partial charge is 0.251 e. The molecule has 0 saturated heterocycles. The normalized spacial score (nSPS) is 11.7. The molecule has 7 nitrogen and oxygen atoms in total. The lowest BCUT2D eigenvalue weighted by Gasteiger charge is -2.20. The maximum absolute atomic E-state index is 12.3. The lowest BCUT2D eigenvalue weighted by atomic mass is 10.1. The van der Waals surface area contributed by atoms with E-state index in [2.05, 4.69) is 31.3 Å². The van der Waals surface area contributed by atoms with Crippen molar-refractivity contribution >= 4 is 43.5 Å². The number of nitrogens with one attached hydrogen (secondary N) is 3. The summed E-state index contributed by atoms with van der Waals surface area (Å²) in [4.78, 5) is 24.2. The van der Waals surface area contributed by atoms with Gasteiger partial charge in [-0.25, -0.2) is 13.1 Å². The number of anilines is 1. The molecule has 0 saturated carbocycles. The van der Waals surface area contributed by atoms with Gasteiger partial charge < -0.3 is 10.6 Å². The zero-order valence-electron chi connectivity index (χ0n) is 15.7. The molecule has 2 aromatic carbocycles. The summed E-state index contributed by atoms with van der Waals surface area (Å²) in [5.74, 6) is -0.845. The molecule has 0 unspecified atom stereocenters. The number of carbonyl (C=O) groups excluding carboxylic acids is 2. The van der Waals surface area contributed by atoms with Crippen LogP contribution in [0.25, 0.3) is 0 Å². The van der Waals surface area contributed by atoms with E-state index in [-0.39, 0.29) is 22.9 Å². The quantitative estimate of drug-likeness (QED) is 0.607. The van der Waals surface area contributed by atoms with E-state index < -0.39 is 21.5 Å². The van der Waals surface area contributed by atoms with E-state index in [0.717, 1.165) is 4.47 Å². The molecule has 0 aromatic heterocycles. The number of benzene rings is 2. The van der Waals surface area contributed by atoms with E-state index in [1.807, 2.05) is 0 Å². The van der Waals surface area contributed by atoms with Gasteiger partial charge in [-0.2, -0.15) is 0 Å². The molecule has 2 amide bonds. The molecule has 28 heavy (non-hydrogen) atoms. The van der Waals surface area contributed by atoms with E-state index in [9.17, 15) is 18.0 Å².